The number of piperidine rings is 1. The molecule has 4 aromatic rings. The lowest BCUT2D eigenvalue weighted by atomic mass is 9.85. The highest BCUT2D eigenvalue weighted by Crippen LogP contribution is 2.41. The zero-order chi connectivity index (χ0) is 25.0. The van der Waals surface area contributed by atoms with Crippen LogP contribution in [-0.2, 0) is 19.4 Å². The van der Waals surface area contributed by atoms with Crippen LogP contribution in [0.1, 0.15) is 48.2 Å². The predicted molar refractivity (Wildman–Crippen MR) is 151 cm³/mol. The Kier molecular flexibility index (Phi) is 7.53. The third-order valence-corrected chi connectivity index (χ3v) is 9.00. The van der Waals surface area contributed by atoms with Gasteiger partial charge in [0.05, 0.1) is 16.1 Å². The van der Waals surface area contributed by atoms with Crippen LogP contribution in [0.25, 0.3) is 10.2 Å². The van der Waals surface area contributed by atoms with E-state index in [-0.39, 0.29) is 0 Å². The molecule has 2 aliphatic rings. The van der Waals surface area contributed by atoms with E-state index < -0.39 is 0 Å². The zero-order valence-electron chi connectivity index (χ0n) is 21.0. The van der Waals surface area contributed by atoms with E-state index in [1.165, 1.54) is 67.6 Å². The standard InChI is InChI=1S/C29H32ClN5OS/c30-24-17-21(8-10-25(24)36-18-22-6-2-3-12-31-22)34-28-27-23-9-7-20(11-15-35-13-4-1-5-14-35)16-26(23)37-29(27)33-19-32-28/h2-3,6,8,10,12,17,19-20H,1,4-5,7,9,11,13-16,18H2,(H,32,33,34). The molecule has 8 heteroatoms. The van der Waals surface area contributed by atoms with Crippen molar-refractivity contribution in [3.8, 4) is 5.75 Å². The number of hydrogen-bond donors (Lipinski definition) is 1. The number of likely N-dealkylation sites (tertiary alicyclic amines) is 1. The van der Waals surface area contributed by atoms with Gasteiger partial charge >= 0.3 is 0 Å². The molecule has 1 saturated heterocycles. The lowest BCUT2D eigenvalue weighted by Gasteiger charge is -2.29. The van der Waals surface area contributed by atoms with E-state index in [0.29, 0.717) is 17.4 Å². The average molecular weight is 534 g/mol. The van der Waals surface area contributed by atoms with Gasteiger partial charge in [0.15, 0.2) is 0 Å². The van der Waals surface area contributed by atoms with Gasteiger partial charge in [0.1, 0.15) is 29.3 Å². The lowest BCUT2D eigenvalue weighted by Crippen LogP contribution is -2.32. The summed E-state index contributed by atoms with van der Waals surface area (Å²) in [6, 6.07) is 11.5. The maximum absolute atomic E-state index is 6.56. The maximum atomic E-state index is 6.56. The molecule has 1 N–H and O–H groups in total. The van der Waals surface area contributed by atoms with Crippen LogP contribution in [0.15, 0.2) is 48.9 Å². The second-order valence-corrected chi connectivity index (χ2v) is 11.6. The summed E-state index contributed by atoms with van der Waals surface area (Å²) in [4.78, 5) is 18.8. The van der Waals surface area contributed by atoms with Gasteiger partial charge < -0.3 is 15.0 Å². The highest BCUT2D eigenvalue weighted by Gasteiger charge is 2.26. The van der Waals surface area contributed by atoms with Gasteiger partial charge in [0.2, 0.25) is 0 Å². The van der Waals surface area contributed by atoms with Crippen molar-refractivity contribution in [3.63, 3.8) is 0 Å². The SMILES string of the molecule is Clc1cc(Nc2ncnc3sc4c(c23)CCC(CCN2CCCCC2)C4)ccc1OCc1ccccn1. The summed E-state index contributed by atoms with van der Waals surface area (Å²) in [6.45, 7) is 4.19. The molecular weight excluding hydrogens is 502 g/mol. The number of aryl methyl sites for hydroxylation is 1. The van der Waals surface area contributed by atoms with Gasteiger partial charge in [0.25, 0.3) is 0 Å². The molecule has 3 aromatic heterocycles. The number of benzene rings is 1. The Hall–Kier alpha value is -2.74. The Balaban J connectivity index is 1.14. The Bertz CT molecular complexity index is 1360. The maximum Gasteiger partial charge on any atom is 0.142 e. The van der Waals surface area contributed by atoms with Crippen molar-refractivity contribution in [1.29, 1.82) is 0 Å². The molecule has 0 amide bonds. The molecule has 192 valence electrons. The van der Waals surface area contributed by atoms with E-state index in [4.69, 9.17) is 16.3 Å². The summed E-state index contributed by atoms with van der Waals surface area (Å²) in [5.74, 6) is 2.26. The Morgan fingerprint density at radius 3 is 2.84 bits per heavy atom. The Morgan fingerprint density at radius 1 is 1.08 bits per heavy atom. The molecule has 37 heavy (non-hydrogen) atoms. The van der Waals surface area contributed by atoms with Crippen molar-refractivity contribution < 1.29 is 4.74 Å². The Morgan fingerprint density at radius 2 is 2.00 bits per heavy atom. The molecule has 1 aliphatic heterocycles. The topological polar surface area (TPSA) is 63.2 Å². The number of ether oxygens (including phenoxy) is 1. The minimum atomic E-state index is 0.375. The quantitative estimate of drug-likeness (QED) is 0.262. The van der Waals surface area contributed by atoms with E-state index in [1.54, 1.807) is 12.5 Å². The fourth-order valence-electron chi connectivity index (χ4n) is 5.54. The molecule has 0 bridgehead atoms. The number of anilines is 2. The molecule has 1 atom stereocenters. The van der Waals surface area contributed by atoms with Gasteiger partial charge in [-0.05, 0) is 100.0 Å². The molecule has 4 heterocycles. The number of fused-ring (bicyclic) bond motifs is 3. The normalized spacial score (nSPS) is 18.0. The van der Waals surface area contributed by atoms with Crippen LogP contribution < -0.4 is 10.1 Å². The second kappa shape index (κ2) is 11.3. The van der Waals surface area contributed by atoms with Crippen LogP contribution in [0.2, 0.25) is 5.02 Å². The van der Waals surface area contributed by atoms with E-state index in [2.05, 4.69) is 25.2 Å². The summed E-state index contributed by atoms with van der Waals surface area (Å²) in [5, 5.41) is 5.22. The number of nitrogens with one attached hydrogen (secondary N) is 1. The van der Waals surface area contributed by atoms with Gasteiger partial charge in [-0.2, -0.15) is 0 Å². The van der Waals surface area contributed by atoms with Crippen LogP contribution >= 0.6 is 22.9 Å². The first-order valence-corrected chi connectivity index (χ1v) is 14.5. The fourth-order valence-corrected chi connectivity index (χ4v) is 7.07. The van der Waals surface area contributed by atoms with E-state index in [9.17, 15) is 0 Å². The third-order valence-electron chi connectivity index (χ3n) is 7.55. The predicted octanol–water partition coefficient (Wildman–Crippen LogP) is 7.04. The molecule has 1 aromatic carbocycles. The number of hydrogen-bond acceptors (Lipinski definition) is 7. The third kappa shape index (κ3) is 5.74. The molecule has 6 nitrogen and oxygen atoms in total. The average Bonchev–Trinajstić information content (AvgIpc) is 3.31. The van der Waals surface area contributed by atoms with Crippen molar-refractivity contribution in [3.05, 3.63) is 70.1 Å². The first-order valence-electron chi connectivity index (χ1n) is 13.3. The summed E-state index contributed by atoms with van der Waals surface area (Å²) in [5.41, 5.74) is 3.17. The monoisotopic (exact) mass is 533 g/mol. The van der Waals surface area contributed by atoms with E-state index in [0.717, 1.165) is 40.8 Å². The molecule has 0 spiro atoms. The van der Waals surface area contributed by atoms with Gasteiger partial charge in [0, 0.05) is 16.8 Å². The molecule has 6 rings (SSSR count). The smallest absolute Gasteiger partial charge is 0.142 e. The lowest BCUT2D eigenvalue weighted by molar-refractivity contribution is 0.209. The number of rotatable bonds is 8. The minimum Gasteiger partial charge on any atom is -0.486 e. The summed E-state index contributed by atoms with van der Waals surface area (Å²) in [6.07, 6.45) is 12.4. The highest BCUT2D eigenvalue weighted by atomic mass is 35.5. The fraction of sp³-hybridized carbons (Fsp3) is 0.414. The number of thiophene rings is 1. The van der Waals surface area contributed by atoms with Crippen LogP contribution in [0, 0.1) is 5.92 Å². The first-order chi connectivity index (χ1) is 18.2. The first kappa shape index (κ1) is 24.6. The molecule has 1 fully saturated rings. The molecule has 0 saturated carbocycles. The second-order valence-electron chi connectivity index (χ2n) is 10.1. The van der Waals surface area contributed by atoms with Crippen LogP contribution in [0.3, 0.4) is 0 Å². The summed E-state index contributed by atoms with van der Waals surface area (Å²) < 4.78 is 5.88. The van der Waals surface area contributed by atoms with Crippen molar-refractivity contribution in [2.75, 3.05) is 25.0 Å². The minimum absolute atomic E-state index is 0.375. The van der Waals surface area contributed by atoms with Crippen molar-refractivity contribution in [2.45, 2.75) is 51.6 Å². The molecule has 1 unspecified atom stereocenters. The van der Waals surface area contributed by atoms with Gasteiger partial charge in [-0.25, -0.2) is 9.97 Å². The summed E-state index contributed by atoms with van der Waals surface area (Å²) in [7, 11) is 0. The van der Waals surface area contributed by atoms with Gasteiger partial charge in [-0.3, -0.25) is 4.98 Å². The van der Waals surface area contributed by atoms with Crippen LogP contribution in [0.4, 0.5) is 11.5 Å². The molecule has 0 radical (unpaired) electrons. The van der Waals surface area contributed by atoms with E-state index >= 15 is 0 Å². The van der Waals surface area contributed by atoms with Crippen molar-refractivity contribution in [2.24, 2.45) is 5.92 Å². The molecule has 1 aliphatic carbocycles. The van der Waals surface area contributed by atoms with Gasteiger partial charge in [-0.1, -0.05) is 24.1 Å². The number of aromatic nitrogens is 3. The Labute approximate surface area is 227 Å². The number of nitrogens with zero attached hydrogens (tertiary/aromatic N) is 4. The largest absolute Gasteiger partial charge is 0.486 e. The zero-order valence-corrected chi connectivity index (χ0v) is 22.5. The van der Waals surface area contributed by atoms with Crippen molar-refractivity contribution >= 4 is 44.7 Å². The van der Waals surface area contributed by atoms with Crippen LogP contribution in [0.5, 0.6) is 5.75 Å². The number of halogens is 1. The van der Waals surface area contributed by atoms with Gasteiger partial charge in [-0.15, -0.1) is 11.3 Å². The molecular formula is C29H32ClN5OS. The highest BCUT2D eigenvalue weighted by molar-refractivity contribution is 7.19. The van der Waals surface area contributed by atoms with E-state index in [1.807, 2.05) is 47.7 Å². The van der Waals surface area contributed by atoms with Crippen LogP contribution in [-0.4, -0.2) is 39.5 Å². The number of pyridine rings is 1. The summed E-state index contributed by atoms with van der Waals surface area (Å²) >= 11 is 8.40. The van der Waals surface area contributed by atoms with Crippen molar-refractivity contribution in [1.82, 2.24) is 19.9 Å².